The first kappa shape index (κ1) is 14.4. The smallest absolute Gasteiger partial charge is 0.150 e. The molecule has 0 atom stereocenters. The first-order valence-corrected chi connectivity index (χ1v) is 5.81. The highest BCUT2D eigenvalue weighted by molar-refractivity contribution is 5.74. The number of aldehydes is 1. The minimum Gasteiger partial charge on any atom is -0.491 e. The quantitative estimate of drug-likeness (QED) is 0.362. The molecule has 0 amide bonds. The van der Waals surface area contributed by atoms with E-state index in [9.17, 15) is 4.79 Å². The number of carbonyl (C=O) groups is 1. The van der Waals surface area contributed by atoms with Crippen LogP contribution >= 0.6 is 0 Å². The lowest BCUT2D eigenvalue weighted by Crippen LogP contribution is -2.10. The number of carbonyl (C=O) groups excluding carboxylic acids is 1. The maximum absolute atomic E-state index is 10.4. The van der Waals surface area contributed by atoms with Gasteiger partial charge in [-0.05, 0) is 24.3 Å². The second-order valence-electron chi connectivity index (χ2n) is 3.51. The van der Waals surface area contributed by atoms with Gasteiger partial charge < -0.3 is 14.2 Å². The van der Waals surface area contributed by atoms with Crippen LogP contribution in [0.15, 0.2) is 36.9 Å². The largest absolute Gasteiger partial charge is 0.491 e. The molecular weight excluding hydrogens is 232 g/mol. The zero-order valence-electron chi connectivity index (χ0n) is 10.3. The molecule has 0 saturated heterocycles. The van der Waals surface area contributed by atoms with Gasteiger partial charge in [-0.25, -0.2) is 0 Å². The van der Waals surface area contributed by atoms with Crippen molar-refractivity contribution >= 4 is 6.29 Å². The Hall–Kier alpha value is -1.65. The molecule has 0 aromatic heterocycles. The summed E-state index contributed by atoms with van der Waals surface area (Å²) in [5.41, 5.74) is 0.637. The number of hydrogen-bond acceptors (Lipinski definition) is 4. The van der Waals surface area contributed by atoms with Crippen LogP contribution in [-0.2, 0) is 9.47 Å². The third-order valence-electron chi connectivity index (χ3n) is 2.12. The van der Waals surface area contributed by atoms with Crippen molar-refractivity contribution < 1.29 is 19.0 Å². The third-order valence-corrected chi connectivity index (χ3v) is 2.12. The van der Waals surface area contributed by atoms with Crippen molar-refractivity contribution in [1.29, 1.82) is 0 Å². The standard InChI is InChI=1S/C14H18O4/c1-2-7-16-8-9-17-10-11-18-14-5-3-13(12-15)4-6-14/h2-6,12H,1,7-11H2. The minimum atomic E-state index is 0.474. The number of hydrogen-bond donors (Lipinski definition) is 0. The van der Waals surface area contributed by atoms with Crippen LogP contribution in [-0.4, -0.2) is 39.3 Å². The summed E-state index contributed by atoms with van der Waals surface area (Å²) in [4.78, 5) is 10.4. The molecule has 0 fully saturated rings. The Kier molecular flexibility index (Phi) is 7.52. The minimum absolute atomic E-state index is 0.474. The molecule has 4 heteroatoms. The Bertz CT molecular complexity index is 345. The van der Waals surface area contributed by atoms with Crippen LogP contribution in [0.5, 0.6) is 5.75 Å². The molecule has 1 aromatic carbocycles. The Labute approximate surface area is 107 Å². The van der Waals surface area contributed by atoms with Crippen LogP contribution in [0.1, 0.15) is 10.4 Å². The molecular formula is C14H18O4. The van der Waals surface area contributed by atoms with E-state index in [1.165, 1.54) is 0 Å². The second-order valence-corrected chi connectivity index (χ2v) is 3.51. The molecule has 0 saturated carbocycles. The van der Waals surface area contributed by atoms with Crippen LogP contribution in [0.2, 0.25) is 0 Å². The molecule has 18 heavy (non-hydrogen) atoms. The van der Waals surface area contributed by atoms with E-state index in [0.717, 1.165) is 12.0 Å². The van der Waals surface area contributed by atoms with E-state index in [1.807, 2.05) is 0 Å². The summed E-state index contributed by atoms with van der Waals surface area (Å²) < 4.78 is 15.9. The van der Waals surface area contributed by atoms with Crippen LogP contribution in [0.25, 0.3) is 0 Å². The summed E-state index contributed by atoms with van der Waals surface area (Å²) in [6, 6.07) is 6.95. The predicted octanol–water partition coefficient (Wildman–Crippen LogP) is 2.10. The molecule has 4 nitrogen and oxygen atoms in total. The maximum Gasteiger partial charge on any atom is 0.150 e. The number of benzene rings is 1. The Morgan fingerprint density at radius 1 is 1.00 bits per heavy atom. The normalized spacial score (nSPS) is 10.0. The van der Waals surface area contributed by atoms with E-state index < -0.39 is 0 Å². The van der Waals surface area contributed by atoms with E-state index in [2.05, 4.69) is 6.58 Å². The maximum atomic E-state index is 10.4. The summed E-state index contributed by atoms with van der Waals surface area (Å²) >= 11 is 0. The molecule has 0 N–H and O–H groups in total. The van der Waals surface area contributed by atoms with E-state index in [4.69, 9.17) is 14.2 Å². The average molecular weight is 250 g/mol. The molecule has 0 heterocycles. The zero-order valence-corrected chi connectivity index (χ0v) is 10.3. The molecule has 0 aliphatic carbocycles. The zero-order chi connectivity index (χ0) is 13.1. The molecule has 0 bridgehead atoms. The van der Waals surface area contributed by atoms with Crippen molar-refractivity contribution in [3.63, 3.8) is 0 Å². The number of ether oxygens (including phenoxy) is 3. The van der Waals surface area contributed by atoms with E-state index >= 15 is 0 Å². The van der Waals surface area contributed by atoms with Gasteiger partial charge in [-0.3, -0.25) is 4.79 Å². The van der Waals surface area contributed by atoms with E-state index in [-0.39, 0.29) is 0 Å². The lowest BCUT2D eigenvalue weighted by molar-refractivity contribution is 0.0449. The molecule has 0 aliphatic heterocycles. The van der Waals surface area contributed by atoms with Crippen molar-refractivity contribution in [2.45, 2.75) is 0 Å². The summed E-state index contributed by atoms with van der Waals surface area (Å²) in [5.74, 6) is 0.729. The highest BCUT2D eigenvalue weighted by Gasteiger charge is 1.95. The van der Waals surface area contributed by atoms with Gasteiger partial charge in [0.2, 0.25) is 0 Å². The lowest BCUT2D eigenvalue weighted by atomic mass is 10.2. The van der Waals surface area contributed by atoms with Gasteiger partial charge in [-0.2, -0.15) is 0 Å². The molecule has 1 rings (SSSR count). The van der Waals surface area contributed by atoms with Crippen LogP contribution < -0.4 is 4.74 Å². The van der Waals surface area contributed by atoms with Crippen molar-refractivity contribution in [1.82, 2.24) is 0 Å². The van der Waals surface area contributed by atoms with E-state index in [1.54, 1.807) is 30.3 Å². The molecule has 0 spiro atoms. The van der Waals surface area contributed by atoms with Crippen molar-refractivity contribution in [2.75, 3.05) is 33.0 Å². The van der Waals surface area contributed by atoms with Gasteiger partial charge in [-0.1, -0.05) is 6.08 Å². The predicted molar refractivity (Wildman–Crippen MR) is 69.2 cm³/mol. The monoisotopic (exact) mass is 250 g/mol. The van der Waals surface area contributed by atoms with Crippen LogP contribution in [0.3, 0.4) is 0 Å². The van der Waals surface area contributed by atoms with E-state index in [0.29, 0.717) is 38.6 Å². The average Bonchev–Trinajstić information content (AvgIpc) is 2.42. The van der Waals surface area contributed by atoms with Gasteiger partial charge in [0.15, 0.2) is 0 Å². The highest BCUT2D eigenvalue weighted by atomic mass is 16.5. The van der Waals surface area contributed by atoms with Gasteiger partial charge in [0.1, 0.15) is 18.6 Å². The van der Waals surface area contributed by atoms with Crippen LogP contribution in [0, 0.1) is 0 Å². The first-order valence-electron chi connectivity index (χ1n) is 5.81. The van der Waals surface area contributed by atoms with Crippen molar-refractivity contribution in [2.24, 2.45) is 0 Å². The van der Waals surface area contributed by atoms with Gasteiger partial charge in [0.25, 0.3) is 0 Å². The number of rotatable bonds is 10. The second kappa shape index (κ2) is 9.39. The van der Waals surface area contributed by atoms with Gasteiger partial charge in [0, 0.05) is 5.56 Å². The van der Waals surface area contributed by atoms with Gasteiger partial charge in [0.05, 0.1) is 26.4 Å². The molecule has 0 unspecified atom stereocenters. The Morgan fingerprint density at radius 2 is 1.67 bits per heavy atom. The van der Waals surface area contributed by atoms with Gasteiger partial charge >= 0.3 is 0 Å². The lowest BCUT2D eigenvalue weighted by Gasteiger charge is -2.07. The summed E-state index contributed by atoms with van der Waals surface area (Å²) in [5, 5.41) is 0. The highest BCUT2D eigenvalue weighted by Crippen LogP contribution is 2.10. The van der Waals surface area contributed by atoms with Crippen molar-refractivity contribution in [3.05, 3.63) is 42.5 Å². The fraction of sp³-hybridized carbons (Fsp3) is 0.357. The molecule has 1 aromatic rings. The van der Waals surface area contributed by atoms with Crippen LogP contribution in [0.4, 0.5) is 0 Å². The van der Waals surface area contributed by atoms with Gasteiger partial charge in [-0.15, -0.1) is 6.58 Å². The van der Waals surface area contributed by atoms with Crippen molar-refractivity contribution in [3.8, 4) is 5.75 Å². The molecule has 0 radical (unpaired) electrons. The first-order chi connectivity index (χ1) is 8.86. The fourth-order valence-corrected chi connectivity index (χ4v) is 1.25. The SMILES string of the molecule is C=CCOCCOCCOc1ccc(C=O)cc1. The summed E-state index contributed by atoms with van der Waals surface area (Å²) in [6.45, 7) is 6.17. The summed E-state index contributed by atoms with van der Waals surface area (Å²) in [6.07, 6.45) is 2.50. The fourth-order valence-electron chi connectivity index (χ4n) is 1.25. The molecule has 98 valence electrons. The third kappa shape index (κ3) is 6.18. The molecule has 0 aliphatic rings. The Balaban J connectivity index is 2.03. The topological polar surface area (TPSA) is 44.8 Å². The Morgan fingerprint density at radius 3 is 2.33 bits per heavy atom. The summed E-state index contributed by atoms with van der Waals surface area (Å²) in [7, 11) is 0.